The Bertz CT molecular complexity index is 296. The monoisotopic (exact) mass is 190 g/mol. The van der Waals surface area contributed by atoms with E-state index in [-0.39, 0.29) is 0 Å². The summed E-state index contributed by atoms with van der Waals surface area (Å²) in [4.78, 5) is 0. The standard InChI is InChI=1S/C10H10.C2H4O2/c1-3-9-7-5-6-8-10(9)4-2;1-2(3)4/h3-8H,1-2H2;3-4H,1H2. The molecule has 1 aromatic rings. The van der Waals surface area contributed by atoms with Gasteiger partial charge in [0.2, 0.25) is 0 Å². The van der Waals surface area contributed by atoms with E-state index >= 15 is 0 Å². The Balaban J connectivity index is 0.000000364. The minimum Gasteiger partial charge on any atom is -0.482 e. The fourth-order valence-electron chi connectivity index (χ4n) is 0.883. The molecule has 0 amide bonds. The molecule has 1 rings (SSSR count). The molecule has 74 valence electrons. The number of aliphatic hydroxyl groups is 2. The molecule has 1 aromatic carbocycles. The van der Waals surface area contributed by atoms with Gasteiger partial charge in [-0.25, -0.2) is 0 Å². The van der Waals surface area contributed by atoms with Gasteiger partial charge in [0.05, 0.1) is 0 Å². The van der Waals surface area contributed by atoms with E-state index in [1.54, 1.807) is 0 Å². The van der Waals surface area contributed by atoms with Crippen molar-refractivity contribution in [2.24, 2.45) is 0 Å². The Morgan fingerprint density at radius 1 is 1.00 bits per heavy atom. The minimum absolute atomic E-state index is 0.833. The molecule has 0 heterocycles. The van der Waals surface area contributed by atoms with E-state index in [9.17, 15) is 0 Å². The summed E-state index contributed by atoms with van der Waals surface area (Å²) >= 11 is 0. The van der Waals surface area contributed by atoms with Gasteiger partial charge in [0.1, 0.15) is 0 Å². The van der Waals surface area contributed by atoms with E-state index in [0.717, 1.165) is 11.1 Å². The molecule has 14 heavy (non-hydrogen) atoms. The van der Waals surface area contributed by atoms with Crippen molar-refractivity contribution in [3.63, 3.8) is 0 Å². The van der Waals surface area contributed by atoms with Crippen molar-refractivity contribution in [3.8, 4) is 0 Å². The molecule has 2 nitrogen and oxygen atoms in total. The lowest BCUT2D eigenvalue weighted by molar-refractivity contribution is 0.194. The molecule has 0 aliphatic carbocycles. The van der Waals surface area contributed by atoms with Crippen LogP contribution in [0.3, 0.4) is 0 Å². The maximum Gasteiger partial charge on any atom is 0.266 e. The van der Waals surface area contributed by atoms with Crippen LogP contribution in [0.5, 0.6) is 0 Å². The first-order valence-electron chi connectivity index (χ1n) is 4.02. The zero-order valence-electron chi connectivity index (χ0n) is 7.98. The molecule has 0 aromatic heterocycles. The van der Waals surface area contributed by atoms with Gasteiger partial charge < -0.3 is 10.2 Å². The van der Waals surface area contributed by atoms with Crippen molar-refractivity contribution >= 4 is 12.2 Å². The average molecular weight is 190 g/mol. The van der Waals surface area contributed by atoms with Gasteiger partial charge in [0.15, 0.2) is 0 Å². The van der Waals surface area contributed by atoms with Gasteiger partial charge in [-0.3, -0.25) is 0 Å². The molecular formula is C12H14O2. The summed E-state index contributed by atoms with van der Waals surface area (Å²) in [6.45, 7) is 10.1. The second kappa shape index (κ2) is 6.54. The zero-order chi connectivity index (χ0) is 11.0. The lowest BCUT2D eigenvalue weighted by Gasteiger charge is -1.96. The fourth-order valence-corrected chi connectivity index (χ4v) is 0.883. The maximum atomic E-state index is 7.42. The first kappa shape index (κ1) is 12.0. The van der Waals surface area contributed by atoms with Crippen LogP contribution < -0.4 is 0 Å². The lowest BCUT2D eigenvalue weighted by Crippen LogP contribution is -1.76. The van der Waals surface area contributed by atoms with Crippen LogP contribution in [0.1, 0.15) is 11.1 Å². The molecule has 2 heteroatoms. The van der Waals surface area contributed by atoms with Crippen LogP contribution in [0.2, 0.25) is 0 Å². The Hall–Kier alpha value is -1.96. The summed E-state index contributed by atoms with van der Waals surface area (Å²) in [7, 11) is 0. The van der Waals surface area contributed by atoms with E-state index in [1.165, 1.54) is 0 Å². The molecule has 0 fully saturated rings. The van der Waals surface area contributed by atoms with Gasteiger partial charge in [0, 0.05) is 0 Å². The average Bonchev–Trinajstić information content (AvgIpc) is 2.17. The molecule has 0 bridgehead atoms. The van der Waals surface area contributed by atoms with Crippen LogP contribution in [-0.4, -0.2) is 10.2 Å². The van der Waals surface area contributed by atoms with E-state index in [1.807, 2.05) is 36.4 Å². The third-order valence-electron chi connectivity index (χ3n) is 1.44. The Kier molecular flexibility index (Phi) is 5.63. The third kappa shape index (κ3) is 4.83. The van der Waals surface area contributed by atoms with Gasteiger partial charge >= 0.3 is 0 Å². The van der Waals surface area contributed by atoms with Crippen LogP contribution in [0.25, 0.3) is 12.2 Å². The van der Waals surface area contributed by atoms with Gasteiger partial charge in [-0.2, -0.15) is 0 Å². The van der Waals surface area contributed by atoms with Crippen molar-refractivity contribution in [2.75, 3.05) is 0 Å². The highest BCUT2D eigenvalue weighted by atomic mass is 16.5. The Labute approximate surface area is 84.1 Å². The summed E-state index contributed by atoms with van der Waals surface area (Å²) in [5, 5.41) is 14.8. The molecule has 0 aliphatic rings. The van der Waals surface area contributed by atoms with E-state index in [4.69, 9.17) is 10.2 Å². The molecule has 0 saturated carbocycles. The van der Waals surface area contributed by atoms with Crippen molar-refractivity contribution in [3.05, 3.63) is 61.1 Å². The molecule has 0 saturated heterocycles. The fraction of sp³-hybridized carbons (Fsp3) is 0. The van der Waals surface area contributed by atoms with Crippen molar-refractivity contribution in [1.82, 2.24) is 0 Å². The van der Waals surface area contributed by atoms with Gasteiger partial charge in [-0.1, -0.05) is 49.6 Å². The highest BCUT2D eigenvalue weighted by Gasteiger charge is 1.89. The summed E-state index contributed by atoms with van der Waals surface area (Å²) in [6, 6.07) is 8.02. The summed E-state index contributed by atoms with van der Waals surface area (Å²) in [5.41, 5.74) is 2.27. The number of rotatable bonds is 2. The van der Waals surface area contributed by atoms with E-state index in [2.05, 4.69) is 19.7 Å². The summed E-state index contributed by atoms with van der Waals surface area (Å²) in [6.07, 6.45) is 3.66. The van der Waals surface area contributed by atoms with Crippen LogP contribution in [-0.2, 0) is 0 Å². The molecular weight excluding hydrogens is 176 g/mol. The smallest absolute Gasteiger partial charge is 0.266 e. The number of hydrogen-bond donors (Lipinski definition) is 2. The van der Waals surface area contributed by atoms with Crippen molar-refractivity contribution in [1.29, 1.82) is 0 Å². The molecule has 0 atom stereocenters. The van der Waals surface area contributed by atoms with Crippen LogP contribution >= 0.6 is 0 Å². The predicted octanol–water partition coefficient (Wildman–Crippen LogP) is 3.55. The van der Waals surface area contributed by atoms with Gasteiger partial charge in [-0.05, 0) is 17.7 Å². The van der Waals surface area contributed by atoms with Gasteiger partial charge in [0.25, 0.3) is 5.95 Å². The zero-order valence-corrected chi connectivity index (χ0v) is 7.98. The molecule has 0 radical (unpaired) electrons. The Morgan fingerprint density at radius 2 is 1.29 bits per heavy atom. The first-order chi connectivity index (χ1) is 6.61. The predicted molar refractivity (Wildman–Crippen MR) is 61.0 cm³/mol. The highest BCUT2D eigenvalue weighted by Crippen LogP contribution is 2.10. The maximum absolute atomic E-state index is 7.42. The van der Waals surface area contributed by atoms with Crippen molar-refractivity contribution < 1.29 is 10.2 Å². The largest absolute Gasteiger partial charge is 0.482 e. The van der Waals surface area contributed by atoms with E-state index in [0.29, 0.717) is 0 Å². The van der Waals surface area contributed by atoms with E-state index < -0.39 is 5.95 Å². The third-order valence-corrected chi connectivity index (χ3v) is 1.44. The van der Waals surface area contributed by atoms with Crippen LogP contribution in [0.15, 0.2) is 49.9 Å². The lowest BCUT2D eigenvalue weighted by atomic mass is 10.1. The van der Waals surface area contributed by atoms with Crippen LogP contribution in [0, 0.1) is 0 Å². The summed E-state index contributed by atoms with van der Waals surface area (Å²) in [5.74, 6) is -0.833. The number of hydrogen-bond acceptors (Lipinski definition) is 2. The second-order valence-corrected chi connectivity index (χ2v) is 2.45. The van der Waals surface area contributed by atoms with Gasteiger partial charge in [-0.15, -0.1) is 0 Å². The normalized spacial score (nSPS) is 8.00. The molecule has 0 aliphatic heterocycles. The minimum atomic E-state index is -0.833. The quantitative estimate of drug-likeness (QED) is 0.700. The molecule has 0 spiro atoms. The Morgan fingerprint density at radius 3 is 1.50 bits per heavy atom. The molecule has 2 N–H and O–H groups in total. The summed E-state index contributed by atoms with van der Waals surface area (Å²) < 4.78 is 0. The van der Waals surface area contributed by atoms with Crippen molar-refractivity contribution in [2.45, 2.75) is 0 Å². The molecule has 0 unspecified atom stereocenters. The second-order valence-electron chi connectivity index (χ2n) is 2.45. The van der Waals surface area contributed by atoms with Crippen LogP contribution in [0.4, 0.5) is 0 Å². The topological polar surface area (TPSA) is 40.5 Å². The first-order valence-corrected chi connectivity index (χ1v) is 4.02. The SMILES string of the molecule is C=C(O)O.C=Cc1ccccc1C=C. The highest BCUT2D eigenvalue weighted by molar-refractivity contribution is 5.63. The number of benzene rings is 1. The number of aliphatic hydroxyl groups excluding tert-OH is 1.